The average Bonchev–Trinajstić information content (AvgIpc) is 2.95. The van der Waals surface area contributed by atoms with E-state index in [1.54, 1.807) is 0 Å². The van der Waals surface area contributed by atoms with E-state index in [2.05, 4.69) is 84.9 Å². The molecular formula is C20H14S. The molecule has 0 bridgehead atoms. The summed E-state index contributed by atoms with van der Waals surface area (Å²) in [4.78, 5) is 1.30. The monoisotopic (exact) mass is 286 g/mol. The van der Waals surface area contributed by atoms with E-state index in [0.29, 0.717) is 0 Å². The molecule has 0 unspecified atom stereocenters. The maximum Gasteiger partial charge on any atom is 0.0349 e. The van der Waals surface area contributed by atoms with Gasteiger partial charge in [-0.15, -0.1) is 11.3 Å². The van der Waals surface area contributed by atoms with Gasteiger partial charge in [0.05, 0.1) is 0 Å². The molecule has 0 radical (unpaired) electrons. The molecule has 3 aromatic carbocycles. The quantitative estimate of drug-likeness (QED) is 0.410. The van der Waals surface area contributed by atoms with Gasteiger partial charge in [0.1, 0.15) is 0 Å². The Hall–Kier alpha value is -2.38. The predicted molar refractivity (Wildman–Crippen MR) is 94.7 cm³/mol. The molecule has 0 aliphatic heterocycles. The van der Waals surface area contributed by atoms with Crippen LogP contribution in [0, 0.1) is 0 Å². The van der Waals surface area contributed by atoms with Crippen LogP contribution >= 0.6 is 11.3 Å². The van der Waals surface area contributed by atoms with Crippen molar-refractivity contribution in [3.63, 3.8) is 0 Å². The molecule has 4 rings (SSSR count). The molecule has 1 heterocycles. The molecule has 4 aromatic rings. The summed E-state index contributed by atoms with van der Waals surface area (Å²) < 4.78 is 1.34. The molecule has 100 valence electrons. The highest BCUT2D eigenvalue weighted by Gasteiger charge is 1.98. The first kappa shape index (κ1) is 12.4. The van der Waals surface area contributed by atoms with E-state index in [1.807, 2.05) is 11.3 Å². The van der Waals surface area contributed by atoms with Crippen LogP contribution in [0.5, 0.6) is 0 Å². The van der Waals surface area contributed by atoms with E-state index < -0.39 is 0 Å². The minimum absolute atomic E-state index is 1.24. The van der Waals surface area contributed by atoms with Gasteiger partial charge in [-0.05, 0) is 46.0 Å². The van der Waals surface area contributed by atoms with Gasteiger partial charge < -0.3 is 0 Å². The normalized spacial score (nSPS) is 11.6. The first-order chi connectivity index (χ1) is 10.4. The number of benzene rings is 3. The van der Waals surface area contributed by atoms with Crippen LogP contribution in [0.1, 0.15) is 10.4 Å². The van der Waals surface area contributed by atoms with E-state index in [9.17, 15) is 0 Å². The smallest absolute Gasteiger partial charge is 0.0349 e. The van der Waals surface area contributed by atoms with Crippen LogP contribution in [-0.4, -0.2) is 0 Å². The number of thiophene rings is 1. The van der Waals surface area contributed by atoms with Crippen LogP contribution in [-0.2, 0) is 0 Å². The molecule has 0 saturated heterocycles. The third-order valence-corrected chi connectivity index (χ3v) is 4.74. The Balaban J connectivity index is 1.69. The average molecular weight is 286 g/mol. The van der Waals surface area contributed by atoms with Crippen LogP contribution in [0.2, 0.25) is 0 Å². The molecule has 0 amide bonds. The van der Waals surface area contributed by atoms with Crippen LogP contribution in [0.3, 0.4) is 0 Å². The zero-order valence-electron chi connectivity index (χ0n) is 11.5. The third-order valence-electron chi connectivity index (χ3n) is 3.66. The standard InChI is InChI=1S/C20H14S/c1-2-6-17-13-15(9-11-16(17)5-1)10-12-19-14-18-7-3-4-8-20(18)21-19/h1-14H. The van der Waals surface area contributed by atoms with E-state index in [-0.39, 0.29) is 0 Å². The van der Waals surface area contributed by atoms with Gasteiger partial charge in [-0.3, -0.25) is 0 Å². The molecule has 1 heteroatoms. The van der Waals surface area contributed by atoms with E-state index in [0.717, 1.165) is 0 Å². The maximum atomic E-state index is 2.25. The van der Waals surface area contributed by atoms with Crippen molar-refractivity contribution in [3.8, 4) is 0 Å². The molecule has 0 atom stereocenters. The van der Waals surface area contributed by atoms with Crippen LogP contribution in [0.25, 0.3) is 33.0 Å². The van der Waals surface area contributed by atoms with Gasteiger partial charge >= 0.3 is 0 Å². The van der Waals surface area contributed by atoms with Gasteiger partial charge in [0, 0.05) is 9.58 Å². The highest BCUT2D eigenvalue weighted by atomic mass is 32.1. The summed E-state index contributed by atoms with van der Waals surface area (Å²) in [6.07, 6.45) is 4.39. The zero-order valence-corrected chi connectivity index (χ0v) is 12.3. The minimum Gasteiger partial charge on any atom is -0.136 e. The lowest BCUT2D eigenvalue weighted by molar-refractivity contribution is 1.71. The third kappa shape index (κ3) is 2.48. The summed E-state index contributed by atoms with van der Waals surface area (Å²) in [5.41, 5.74) is 1.24. The van der Waals surface area contributed by atoms with E-state index >= 15 is 0 Å². The summed E-state index contributed by atoms with van der Waals surface area (Å²) in [7, 11) is 0. The Morgan fingerprint density at radius 1 is 0.619 bits per heavy atom. The fourth-order valence-corrected chi connectivity index (χ4v) is 3.54. The molecule has 0 aliphatic carbocycles. The summed E-state index contributed by atoms with van der Waals surface area (Å²) in [6, 6.07) is 25.8. The number of fused-ring (bicyclic) bond motifs is 2. The summed E-state index contributed by atoms with van der Waals surface area (Å²) in [5.74, 6) is 0. The van der Waals surface area contributed by atoms with E-state index in [4.69, 9.17) is 0 Å². The van der Waals surface area contributed by atoms with Crippen molar-refractivity contribution in [2.45, 2.75) is 0 Å². The molecule has 0 fully saturated rings. The lowest BCUT2D eigenvalue weighted by Gasteiger charge is -1.98. The lowest BCUT2D eigenvalue weighted by atomic mass is 10.1. The Morgan fingerprint density at radius 3 is 2.24 bits per heavy atom. The predicted octanol–water partition coefficient (Wildman–Crippen LogP) is 6.22. The van der Waals surface area contributed by atoms with Crippen LogP contribution in [0.4, 0.5) is 0 Å². The van der Waals surface area contributed by atoms with Gasteiger partial charge in [0.2, 0.25) is 0 Å². The Morgan fingerprint density at radius 2 is 1.38 bits per heavy atom. The second kappa shape index (κ2) is 5.19. The van der Waals surface area contributed by atoms with Crippen molar-refractivity contribution in [1.29, 1.82) is 0 Å². The second-order valence-corrected chi connectivity index (χ2v) is 6.24. The Bertz CT molecular complexity index is 911. The molecule has 21 heavy (non-hydrogen) atoms. The SMILES string of the molecule is C(=Cc1cc2ccccc2s1)c1ccc2ccccc2c1. The Labute approximate surface area is 128 Å². The summed E-state index contributed by atoms with van der Waals surface area (Å²) in [6.45, 7) is 0. The first-order valence-corrected chi connectivity index (χ1v) is 7.86. The Kier molecular flexibility index (Phi) is 3.06. The molecule has 0 nitrogen and oxygen atoms in total. The lowest BCUT2D eigenvalue weighted by Crippen LogP contribution is -1.74. The van der Waals surface area contributed by atoms with Crippen molar-refractivity contribution in [3.05, 3.63) is 83.2 Å². The topological polar surface area (TPSA) is 0 Å². The van der Waals surface area contributed by atoms with Gasteiger partial charge in [-0.1, -0.05) is 60.7 Å². The highest BCUT2D eigenvalue weighted by molar-refractivity contribution is 7.19. The summed E-state index contributed by atoms with van der Waals surface area (Å²) >= 11 is 1.83. The minimum atomic E-state index is 1.24. The molecular weight excluding hydrogens is 272 g/mol. The number of rotatable bonds is 2. The molecule has 0 N–H and O–H groups in total. The van der Waals surface area contributed by atoms with Crippen molar-refractivity contribution in [2.24, 2.45) is 0 Å². The zero-order chi connectivity index (χ0) is 14.1. The van der Waals surface area contributed by atoms with Crippen molar-refractivity contribution >= 4 is 44.3 Å². The van der Waals surface area contributed by atoms with Crippen molar-refractivity contribution in [2.75, 3.05) is 0 Å². The highest BCUT2D eigenvalue weighted by Crippen LogP contribution is 2.27. The van der Waals surface area contributed by atoms with Crippen molar-refractivity contribution in [1.82, 2.24) is 0 Å². The molecule has 0 aliphatic rings. The van der Waals surface area contributed by atoms with Gasteiger partial charge in [0.15, 0.2) is 0 Å². The van der Waals surface area contributed by atoms with E-state index in [1.165, 1.54) is 31.3 Å². The number of hydrogen-bond acceptors (Lipinski definition) is 1. The molecule has 0 spiro atoms. The van der Waals surface area contributed by atoms with Gasteiger partial charge in [-0.2, -0.15) is 0 Å². The van der Waals surface area contributed by atoms with Crippen LogP contribution in [0.15, 0.2) is 72.8 Å². The fraction of sp³-hybridized carbons (Fsp3) is 0. The van der Waals surface area contributed by atoms with Crippen molar-refractivity contribution < 1.29 is 0 Å². The maximum absolute atomic E-state index is 2.25. The summed E-state index contributed by atoms with van der Waals surface area (Å²) in [5, 5.41) is 3.90. The number of hydrogen-bond donors (Lipinski definition) is 0. The second-order valence-electron chi connectivity index (χ2n) is 5.13. The van der Waals surface area contributed by atoms with Crippen LogP contribution < -0.4 is 0 Å². The largest absolute Gasteiger partial charge is 0.136 e. The fourth-order valence-electron chi connectivity index (χ4n) is 2.57. The molecule has 0 saturated carbocycles. The molecule has 1 aromatic heterocycles. The first-order valence-electron chi connectivity index (χ1n) is 7.04. The van der Waals surface area contributed by atoms with Gasteiger partial charge in [-0.25, -0.2) is 0 Å². The van der Waals surface area contributed by atoms with Gasteiger partial charge in [0.25, 0.3) is 0 Å².